The number of halogens is 2. The van der Waals surface area contributed by atoms with Gasteiger partial charge in [0.25, 0.3) is 5.56 Å². The molecule has 11 heteroatoms. The number of nitrogens with two attached hydrogens (primary N) is 1. The van der Waals surface area contributed by atoms with Gasteiger partial charge in [-0.05, 0) is 47.1 Å². The summed E-state index contributed by atoms with van der Waals surface area (Å²) in [5.41, 5.74) is 6.86. The maximum absolute atomic E-state index is 14.3. The molecule has 35 heavy (non-hydrogen) atoms. The maximum atomic E-state index is 14.3. The quantitative estimate of drug-likeness (QED) is 0.408. The lowest BCUT2D eigenvalue weighted by molar-refractivity contribution is 0.193. The van der Waals surface area contributed by atoms with Gasteiger partial charge in [-0.1, -0.05) is 18.2 Å². The van der Waals surface area contributed by atoms with E-state index in [9.17, 15) is 19.6 Å². The van der Waals surface area contributed by atoms with Crippen LogP contribution in [0.4, 0.5) is 16.2 Å². The molecule has 2 aromatic heterocycles. The number of β-amino-alcohol motifs (C(OH)–C–C–N with tert-alkyl or cyclic N) is 1. The van der Waals surface area contributed by atoms with Crippen LogP contribution in [0.3, 0.4) is 0 Å². The van der Waals surface area contributed by atoms with E-state index in [4.69, 9.17) is 10.7 Å². The molecule has 0 saturated carbocycles. The van der Waals surface area contributed by atoms with Crippen molar-refractivity contribution in [3.8, 4) is 11.8 Å². The molecule has 0 radical (unpaired) electrons. The van der Waals surface area contributed by atoms with E-state index in [0.29, 0.717) is 22.7 Å². The zero-order valence-electron chi connectivity index (χ0n) is 18.5. The molecule has 1 saturated heterocycles. The second-order valence-electron chi connectivity index (χ2n) is 8.24. The number of nitrogens with zero attached hydrogens (tertiary/aromatic N) is 6. The van der Waals surface area contributed by atoms with Crippen LogP contribution in [-0.4, -0.2) is 37.3 Å². The molecule has 1 fully saturated rings. The van der Waals surface area contributed by atoms with Crippen molar-refractivity contribution in [3.05, 3.63) is 80.2 Å². The Hall–Kier alpha value is -3.88. The Morgan fingerprint density at radius 3 is 2.66 bits per heavy atom. The van der Waals surface area contributed by atoms with Crippen LogP contribution in [0.25, 0.3) is 16.6 Å². The molecule has 0 aliphatic carbocycles. The lowest BCUT2D eigenvalue weighted by atomic mass is 10.1. The number of aryl methyl sites for hydroxylation is 1. The van der Waals surface area contributed by atoms with Crippen molar-refractivity contribution in [2.45, 2.75) is 25.5 Å². The van der Waals surface area contributed by atoms with Crippen molar-refractivity contribution in [1.29, 1.82) is 5.26 Å². The Labute approximate surface area is 207 Å². The summed E-state index contributed by atoms with van der Waals surface area (Å²) in [6.07, 6.45) is -0.555. The highest BCUT2D eigenvalue weighted by molar-refractivity contribution is 9.10. The summed E-state index contributed by atoms with van der Waals surface area (Å²) in [4.78, 5) is 28.6. The van der Waals surface area contributed by atoms with Crippen molar-refractivity contribution < 1.29 is 9.50 Å². The molecule has 3 N–H and O–H groups in total. The van der Waals surface area contributed by atoms with Gasteiger partial charge in [-0.3, -0.25) is 9.36 Å². The number of rotatable bonds is 3. The van der Waals surface area contributed by atoms with E-state index >= 15 is 0 Å². The van der Waals surface area contributed by atoms with Gasteiger partial charge in [-0.2, -0.15) is 10.2 Å². The van der Waals surface area contributed by atoms with E-state index in [-0.39, 0.29) is 40.2 Å². The number of fused-ring (bicyclic) bond motifs is 1. The molecule has 0 bridgehead atoms. The van der Waals surface area contributed by atoms with Gasteiger partial charge in [0, 0.05) is 13.0 Å². The van der Waals surface area contributed by atoms with Gasteiger partial charge in [0.05, 0.1) is 38.9 Å². The van der Waals surface area contributed by atoms with E-state index in [1.165, 1.54) is 16.7 Å². The van der Waals surface area contributed by atoms with Gasteiger partial charge in [0.2, 0.25) is 5.95 Å². The standard InChI is InChI=1S/C24H19BrFN7O2/c1-12-15(10-27)21(31-24(28)29-12)32-11-14(34)9-18(32)22-30-17-8-7-16(26)20(25)19(17)23(35)33(22)13-5-3-2-4-6-13/h2-8,14,18,34H,9,11H2,1H3,(H2,28,29,31)/t14-,18-/m0/s1. The van der Waals surface area contributed by atoms with E-state index < -0.39 is 23.5 Å². The summed E-state index contributed by atoms with van der Waals surface area (Å²) in [7, 11) is 0. The Bertz CT molecular complexity index is 1570. The summed E-state index contributed by atoms with van der Waals surface area (Å²) in [5.74, 6) is -0.00832. The molecule has 3 heterocycles. The highest BCUT2D eigenvalue weighted by atomic mass is 79.9. The van der Waals surface area contributed by atoms with Crippen LogP contribution in [0, 0.1) is 24.1 Å². The van der Waals surface area contributed by atoms with Crippen molar-refractivity contribution in [3.63, 3.8) is 0 Å². The first-order chi connectivity index (χ1) is 16.8. The average molecular weight is 536 g/mol. The molecule has 2 aromatic carbocycles. The van der Waals surface area contributed by atoms with Gasteiger partial charge >= 0.3 is 0 Å². The number of hydrogen-bond donors (Lipinski definition) is 2. The van der Waals surface area contributed by atoms with Crippen LogP contribution in [0.2, 0.25) is 0 Å². The van der Waals surface area contributed by atoms with Crippen LogP contribution in [0.5, 0.6) is 0 Å². The molecular formula is C24H19BrFN7O2. The minimum atomic E-state index is -0.778. The highest BCUT2D eigenvalue weighted by Crippen LogP contribution is 2.38. The van der Waals surface area contributed by atoms with Crippen LogP contribution in [-0.2, 0) is 0 Å². The lowest BCUT2D eigenvalue weighted by Crippen LogP contribution is -2.33. The molecule has 4 aromatic rings. The minimum Gasteiger partial charge on any atom is -0.391 e. The van der Waals surface area contributed by atoms with Gasteiger partial charge in [-0.15, -0.1) is 0 Å². The molecule has 1 aliphatic rings. The van der Waals surface area contributed by atoms with Crippen LogP contribution < -0.4 is 16.2 Å². The Balaban J connectivity index is 1.82. The zero-order valence-corrected chi connectivity index (χ0v) is 20.1. The first-order valence-electron chi connectivity index (χ1n) is 10.7. The number of nitriles is 1. The maximum Gasteiger partial charge on any atom is 0.267 e. The fourth-order valence-electron chi connectivity index (χ4n) is 4.49. The number of nitrogen functional groups attached to an aromatic ring is 1. The number of hydrogen-bond acceptors (Lipinski definition) is 8. The van der Waals surface area contributed by atoms with Gasteiger partial charge < -0.3 is 15.7 Å². The van der Waals surface area contributed by atoms with Crippen molar-refractivity contribution in [1.82, 2.24) is 19.5 Å². The summed E-state index contributed by atoms with van der Waals surface area (Å²) in [6.45, 7) is 1.80. The Morgan fingerprint density at radius 2 is 1.94 bits per heavy atom. The summed E-state index contributed by atoms with van der Waals surface area (Å²) < 4.78 is 15.8. The van der Waals surface area contributed by atoms with E-state index in [1.807, 2.05) is 6.07 Å². The van der Waals surface area contributed by atoms with E-state index in [0.717, 1.165) is 0 Å². The summed E-state index contributed by atoms with van der Waals surface area (Å²) >= 11 is 3.19. The predicted molar refractivity (Wildman–Crippen MR) is 132 cm³/mol. The molecule has 5 rings (SSSR count). The third-order valence-electron chi connectivity index (χ3n) is 6.02. The topological polar surface area (TPSA) is 134 Å². The fourth-order valence-corrected chi connectivity index (χ4v) is 4.99. The van der Waals surface area contributed by atoms with Crippen molar-refractivity contribution >= 4 is 38.6 Å². The molecule has 2 atom stereocenters. The van der Waals surface area contributed by atoms with Crippen molar-refractivity contribution in [2.75, 3.05) is 17.2 Å². The second-order valence-corrected chi connectivity index (χ2v) is 9.03. The number of anilines is 2. The number of para-hydroxylation sites is 1. The van der Waals surface area contributed by atoms with Gasteiger partial charge in [-0.25, -0.2) is 14.4 Å². The van der Waals surface area contributed by atoms with E-state index in [2.05, 4.69) is 32.0 Å². The largest absolute Gasteiger partial charge is 0.391 e. The molecule has 0 unspecified atom stereocenters. The second kappa shape index (κ2) is 8.72. The number of aliphatic hydroxyl groups is 1. The Morgan fingerprint density at radius 1 is 1.20 bits per heavy atom. The molecule has 176 valence electrons. The lowest BCUT2D eigenvalue weighted by Gasteiger charge is -2.28. The average Bonchev–Trinajstić information content (AvgIpc) is 3.22. The SMILES string of the molecule is Cc1nc(N)nc(N2C[C@@H](O)C[C@H]2c2nc3ccc(F)c(Br)c3c(=O)n2-c2ccccc2)c1C#N. The van der Waals surface area contributed by atoms with Crippen LogP contribution >= 0.6 is 15.9 Å². The highest BCUT2D eigenvalue weighted by Gasteiger charge is 2.38. The zero-order chi connectivity index (χ0) is 24.9. The third kappa shape index (κ3) is 3.80. The van der Waals surface area contributed by atoms with Crippen LogP contribution in [0.15, 0.2) is 51.7 Å². The predicted octanol–water partition coefficient (Wildman–Crippen LogP) is 3.15. The smallest absolute Gasteiger partial charge is 0.267 e. The van der Waals surface area contributed by atoms with Crippen LogP contribution in [0.1, 0.15) is 29.5 Å². The molecular weight excluding hydrogens is 517 g/mol. The van der Waals surface area contributed by atoms with Crippen molar-refractivity contribution in [2.24, 2.45) is 0 Å². The molecule has 0 spiro atoms. The normalized spacial score (nSPS) is 17.6. The Kier molecular flexibility index (Phi) is 5.70. The number of benzene rings is 2. The minimum absolute atomic E-state index is 0.0111. The fraction of sp³-hybridized carbons (Fsp3) is 0.208. The number of aromatic nitrogens is 4. The molecule has 1 aliphatic heterocycles. The molecule has 9 nitrogen and oxygen atoms in total. The monoisotopic (exact) mass is 535 g/mol. The number of aliphatic hydroxyl groups excluding tert-OH is 1. The third-order valence-corrected chi connectivity index (χ3v) is 6.79. The molecule has 0 amide bonds. The van der Waals surface area contributed by atoms with Gasteiger partial charge in [0.15, 0.2) is 5.82 Å². The van der Waals surface area contributed by atoms with E-state index in [1.54, 1.807) is 36.1 Å². The first kappa shape index (κ1) is 22.9. The summed E-state index contributed by atoms with van der Waals surface area (Å²) in [5, 5.41) is 20.5. The van der Waals surface area contributed by atoms with Gasteiger partial charge in [0.1, 0.15) is 23.3 Å². The summed E-state index contributed by atoms with van der Waals surface area (Å²) in [6, 6.07) is 13.0. The first-order valence-corrected chi connectivity index (χ1v) is 11.5.